The first-order valence-corrected chi connectivity index (χ1v) is 11.7. The van der Waals surface area contributed by atoms with Crippen LogP contribution in [0.15, 0.2) is 109 Å². The summed E-state index contributed by atoms with van der Waals surface area (Å²) in [6, 6.07) is 41.4. The highest BCUT2D eigenvalue weighted by Gasteiger charge is 2.19. The first-order chi connectivity index (χ1) is 17.8. The molecule has 0 bridgehead atoms. The van der Waals surface area contributed by atoms with E-state index >= 15 is 0 Å². The summed E-state index contributed by atoms with van der Waals surface area (Å²) < 4.78 is 4.57. The average Bonchev–Trinajstić information content (AvgIpc) is 3.45. The molecular formula is C32H18N4. The summed E-state index contributed by atoms with van der Waals surface area (Å²) in [7, 11) is 0. The van der Waals surface area contributed by atoms with Gasteiger partial charge in [-0.05, 0) is 66.7 Å². The summed E-state index contributed by atoms with van der Waals surface area (Å²) in [5.74, 6) is 0. The van der Waals surface area contributed by atoms with Crippen molar-refractivity contribution in [3.8, 4) is 23.5 Å². The first-order valence-electron chi connectivity index (χ1n) is 11.7. The third-order valence-electron chi connectivity index (χ3n) is 6.95. The Labute approximate surface area is 207 Å². The molecule has 2 heterocycles. The van der Waals surface area contributed by atoms with E-state index in [1.165, 1.54) is 5.39 Å². The third kappa shape index (κ3) is 2.73. The van der Waals surface area contributed by atoms with Crippen LogP contribution in [0.25, 0.3) is 55.0 Å². The van der Waals surface area contributed by atoms with Crippen LogP contribution < -0.4 is 0 Å². The van der Waals surface area contributed by atoms with Crippen molar-refractivity contribution in [1.82, 2.24) is 9.13 Å². The summed E-state index contributed by atoms with van der Waals surface area (Å²) in [6.45, 7) is 0. The van der Waals surface area contributed by atoms with Gasteiger partial charge in [0.15, 0.2) is 0 Å². The van der Waals surface area contributed by atoms with Crippen molar-refractivity contribution in [2.24, 2.45) is 0 Å². The quantitative estimate of drug-likeness (QED) is 0.267. The van der Waals surface area contributed by atoms with Crippen LogP contribution in [0.2, 0.25) is 0 Å². The largest absolute Gasteiger partial charge is 0.309 e. The molecule has 166 valence electrons. The highest BCUT2D eigenvalue weighted by molar-refractivity contribution is 6.16. The van der Waals surface area contributed by atoms with Gasteiger partial charge in [-0.3, -0.25) is 0 Å². The normalized spacial score (nSPS) is 11.3. The van der Waals surface area contributed by atoms with E-state index in [9.17, 15) is 10.5 Å². The number of aromatic nitrogens is 2. The number of nitrogens with zero attached hydrogens (tertiary/aromatic N) is 4. The SMILES string of the molecule is N#Cc1ccc2c(c1)c1cc(C#N)ccc1n2-c1cccc2c1c1ccccc1n2-c1ccccc1. The van der Waals surface area contributed by atoms with E-state index in [4.69, 9.17) is 0 Å². The Balaban J connectivity index is 1.67. The molecule has 2 aromatic heterocycles. The lowest BCUT2D eigenvalue weighted by Gasteiger charge is -2.11. The lowest BCUT2D eigenvalue weighted by atomic mass is 10.1. The van der Waals surface area contributed by atoms with Crippen LogP contribution in [0.4, 0.5) is 0 Å². The zero-order chi connectivity index (χ0) is 24.2. The van der Waals surface area contributed by atoms with Gasteiger partial charge >= 0.3 is 0 Å². The Bertz CT molecular complexity index is 1990. The Morgan fingerprint density at radius 1 is 0.472 bits per heavy atom. The monoisotopic (exact) mass is 458 g/mol. The van der Waals surface area contributed by atoms with Crippen LogP contribution in [-0.2, 0) is 0 Å². The summed E-state index contributed by atoms with van der Waals surface area (Å²) in [5, 5.41) is 23.4. The molecule has 0 aliphatic rings. The Kier molecular flexibility index (Phi) is 4.24. The molecule has 0 spiro atoms. The molecule has 0 saturated carbocycles. The molecule has 4 heteroatoms. The number of rotatable bonds is 2. The Morgan fingerprint density at radius 3 is 1.72 bits per heavy atom. The van der Waals surface area contributed by atoms with Crippen molar-refractivity contribution < 1.29 is 0 Å². The average molecular weight is 459 g/mol. The van der Waals surface area contributed by atoms with Gasteiger partial charge in [-0.25, -0.2) is 0 Å². The summed E-state index contributed by atoms with van der Waals surface area (Å²) in [4.78, 5) is 0. The molecule has 7 aromatic rings. The molecule has 0 N–H and O–H groups in total. The second kappa shape index (κ2) is 7.60. The Hall–Kier alpha value is -5.32. The Morgan fingerprint density at radius 2 is 1.06 bits per heavy atom. The van der Waals surface area contributed by atoms with Crippen molar-refractivity contribution >= 4 is 43.6 Å². The maximum absolute atomic E-state index is 9.55. The fourth-order valence-electron chi connectivity index (χ4n) is 5.46. The standard InChI is InChI=1S/C32H18N4/c33-19-21-13-15-28-25(17-21)26-18-22(20-34)14-16-29(26)36(28)31-12-6-11-30-32(31)24-9-4-5-10-27(24)35(30)23-7-2-1-3-8-23/h1-18H. The van der Waals surface area contributed by atoms with E-state index in [-0.39, 0.29) is 0 Å². The molecule has 0 radical (unpaired) electrons. The predicted molar refractivity (Wildman–Crippen MR) is 145 cm³/mol. The summed E-state index contributed by atoms with van der Waals surface area (Å²) in [6.07, 6.45) is 0. The number of fused-ring (bicyclic) bond motifs is 6. The van der Waals surface area contributed by atoms with Crippen LogP contribution >= 0.6 is 0 Å². The van der Waals surface area contributed by atoms with Gasteiger partial charge in [-0.15, -0.1) is 0 Å². The molecule has 0 fully saturated rings. The van der Waals surface area contributed by atoms with E-state index in [1.807, 2.05) is 42.5 Å². The molecule has 36 heavy (non-hydrogen) atoms. The molecular weight excluding hydrogens is 440 g/mol. The van der Waals surface area contributed by atoms with Crippen molar-refractivity contribution in [2.45, 2.75) is 0 Å². The number of nitriles is 2. The lowest BCUT2D eigenvalue weighted by Crippen LogP contribution is -1.96. The molecule has 4 nitrogen and oxygen atoms in total. The third-order valence-corrected chi connectivity index (χ3v) is 6.95. The number of benzene rings is 5. The minimum absolute atomic E-state index is 0.600. The zero-order valence-electron chi connectivity index (χ0n) is 19.2. The zero-order valence-corrected chi connectivity index (χ0v) is 19.2. The second-order valence-electron chi connectivity index (χ2n) is 8.88. The second-order valence-corrected chi connectivity index (χ2v) is 8.88. The predicted octanol–water partition coefficient (Wildman–Crippen LogP) is 7.62. The van der Waals surface area contributed by atoms with Gasteiger partial charge in [-0.1, -0.05) is 42.5 Å². The van der Waals surface area contributed by atoms with Gasteiger partial charge in [0.05, 0.1) is 51.0 Å². The van der Waals surface area contributed by atoms with Gasteiger partial charge in [0.2, 0.25) is 0 Å². The topological polar surface area (TPSA) is 57.4 Å². The van der Waals surface area contributed by atoms with Crippen LogP contribution in [-0.4, -0.2) is 9.13 Å². The number of para-hydroxylation sites is 2. The van der Waals surface area contributed by atoms with Crippen molar-refractivity contribution in [3.63, 3.8) is 0 Å². The first kappa shape index (κ1) is 20.1. The molecule has 0 atom stereocenters. The van der Waals surface area contributed by atoms with Crippen LogP contribution in [0.5, 0.6) is 0 Å². The van der Waals surface area contributed by atoms with E-state index in [0.29, 0.717) is 11.1 Å². The number of hydrogen-bond donors (Lipinski definition) is 0. The van der Waals surface area contributed by atoms with E-state index in [1.54, 1.807) is 0 Å². The molecule has 0 saturated heterocycles. The van der Waals surface area contributed by atoms with Gasteiger partial charge in [0.1, 0.15) is 0 Å². The van der Waals surface area contributed by atoms with Gasteiger partial charge in [-0.2, -0.15) is 10.5 Å². The van der Waals surface area contributed by atoms with Crippen LogP contribution in [0.1, 0.15) is 11.1 Å². The van der Waals surface area contributed by atoms with Gasteiger partial charge in [0, 0.05) is 27.2 Å². The van der Waals surface area contributed by atoms with Crippen LogP contribution in [0, 0.1) is 22.7 Å². The highest BCUT2D eigenvalue weighted by Crippen LogP contribution is 2.40. The maximum Gasteiger partial charge on any atom is 0.0991 e. The minimum Gasteiger partial charge on any atom is -0.309 e. The van der Waals surface area contributed by atoms with E-state index in [2.05, 4.69) is 88.0 Å². The fourth-order valence-corrected chi connectivity index (χ4v) is 5.46. The van der Waals surface area contributed by atoms with Gasteiger partial charge in [0.25, 0.3) is 0 Å². The van der Waals surface area contributed by atoms with E-state index in [0.717, 1.165) is 49.6 Å². The molecule has 0 unspecified atom stereocenters. The van der Waals surface area contributed by atoms with Gasteiger partial charge < -0.3 is 9.13 Å². The molecule has 0 aliphatic heterocycles. The summed E-state index contributed by atoms with van der Waals surface area (Å²) in [5.41, 5.74) is 7.65. The maximum atomic E-state index is 9.55. The van der Waals surface area contributed by atoms with E-state index < -0.39 is 0 Å². The number of hydrogen-bond acceptors (Lipinski definition) is 2. The van der Waals surface area contributed by atoms with Crippen LogP contribution in [0.3, 0.4) is 0 Å². The summed E-state index contributed by atoms with van der Waals surface area (Å²) >= 11 is 0. The highest BCUT2D eigenvalue weighted by atomic mass is 15.0. The lowest BCUT2D eigenvalue weighted by molar-refractivity contribution is 1.17. The van der Waals surface area contributed by atoms with Crippen molar-refractivity contribution in [3.05, 3.63) is 120 Å². The molecule has 0 amide bonds. The van der Waals surface area contributed by atoms with Crippen molar-refractivity contribution in [2.75, 3.05) is 0 Å². The minimum atomic E-state index is 0.600. The molecule has 5 aromatic carbocycles. The molecule has 0 aliphatic carbocycles. The smallest absolute Gasteiger partial charge is 0.0991 e. The molecule has 7 rings (SSSR count). The van der Waals surface area contributed by atoms with Crippen molar-refractivity contribution in [1.29, 1.82) is 10.5 Å². The fraction of sp³-hybridized carbons (Fsp3) is 0.